The van der Waals surface area contributed by atoms with Crippen LogP contribution in [0.25, 0.3) is 0 Å². The number of hydrogen-bond donors (Lipinski definition) is 2. The van der Waals surface area contributed by atoms with Gasteiger partial charge in [-0.3, -0.25) is 0 Å². The van der Waals surface area contributed by atoms with E-state index in [-0.39, 0.29) is 16.3 Å². The van der Waals surface area contributed by atoms with E-state index >= 15 is 0 Å². The zero-order valence-electron chi connectivity index (χ0n) is 14.5. The van der Waals surface area contributed by atoms with Crippen LogP contribution < -0.4 is 11.1 Å². The Morgan fingerprint density at radius 1 is 0.957 bits per heavy atom. The molecule has 3 N–H and O–H groups in total. The van der Waals surface area contributed by atoms with Gasteiger partial charge in [-0.15, -0.1) is 0 Å². The van der Waals surface area contributed by atoms with Crippen LogP contribution in [0, 0.1) is 5.92 Å². The van der Waals surface area contributed by atoms with Gasteiger partial charge in [0.1, 0.15) is 13.1 Å². The van der Waals surface area contributed by atoms with Crippen LogP contribution in [-0.2, 0) is 9.59 Å². The Morgan fingerprint density at radius 2 is 1.65 bits per heavy atom. The fraction of sp³-hybridized carbons (Fsp3) is 0.889. The molecule has 0 bridgehead atoms. The molecule has 1 saturated heterocycles. The lowest BCUT2D eigenvalue weighted by Crippen LogP contribution is -2.65. The first-order valence-corrected chi connectivity index (χ1v) is 9.54. The summed E-state index contributed by atoms with van der Waals surface area (Å²) in [7, 11) is 0. The van der Waals surface area contributed by atoms with E-state index < -0.39 is 0 Å². The maximum absolute atomic E-state index is 13.0. The highest BCUT2D eigenvalue weighted by Gasteiger charge is 2.45. The van der Waals surface area contributed by atoms with E-state index in [1.165, 1.54) is 19.3 Å². The van der Waals surface area contributed by atoms with Crippen LogP contribution in [-0.4, -0.2) is 49.0 Å². The minimum absolute atomic E-state index is 0.103. The standard InChI is InChI=1S/C18H34N3O2/c19-10-6-2-5-9-17(22)21(13-11-20-12-14-21)18(23)15-16-7-3-1-4-8-16/h16,20H,1-15,19H2/q+1. The molecule has 0 atom stereocenters. The lowest BCUT2D eigenvalue weighted by atomic mass is 9.86. The number of carbonyl (C=O) groups is 2. The highest BCUT2D eigenvalue weighted by molar-refractivity contribution is 5.85. The van der Waals surface area contributed by atoms with Crippen molar-refractivity contribution < 1.29 is 14.1 Å². The fourth-order valence-corrected chi connectivity index (χ4v) is 4.04. The van der Waals surface area contributed by atoms with Gasteiger partial charge in [0.05, 0.1) is 12.8 Å². The summed E-state index contributed by atoms with van der Waals surface area (Å²) in [6.45, 7) is 3.50. The number of quaternary nitrogens is 1. The van der Waals surface area contributed by atoms with Crippen LogP contribution in [0.5, 0.6) is 0 Å². The minimum atomic E-state index is 0.103. The SMILES string of the molecule is NCCCCCC(=O)[N+]1(C(=O)CC2CCCCC2)CCNCC1. The van der Waals surface area contributed by atoms with Crippen molar-refractivity contribution in [2.75, 3.05) is 32.7 Å². The van der Waals surface area contributed by atoms with E-state index in [0.717, 1.165) is 45.2 Å². The first-order valence-electron chi connectivity index (χ1n) is 9.54. The summed E-state index contributed by atoms with van der Waals surface area (Å²) in [5.74, 6) is 0.831. The molecule has 0 aromatic rings. The molecule has 2 aliphatic rings. The summed E-state index contributed by atoms with van der Waals surface area (Å²) in [6.07, 6.45) is 10.0. The maximum atomic E-state index is 13.0. The van der Waals surface area contributed by atoms with Crippen molar-refractivity contribution in [2.45, 2.75) is 64.2 Å². The van der Waals surface area contributed by atoms with Gasteiger partial charge >= 0.3 is 11.8 Å². The Labute approximate surface area is 140 Å². The molecule has 5 heteroatoms. The van der Waals surface area contributed by atoms with Crippen molar-refractivity contribution in [3.8, 4) is 0 Å². The van der Waals surface area contributed by atoms with Gasteiger partial charge in [-0.25, -0.2) is 9.59 Å². The number of hydrogen-bond acceptors (Lipinski definition) is 4. The van der Waals surface area contributed by atoms with Gasteiger partial charge in [0.2, 0.25) is 0 Å². The van der Waals surface area contributed by atoms with E-state index in [1.54, 1.807) is 0 Å². The van der Waals surface area contributed by atoms with Gasteiger partial charge in [-0.05, 0) is 38.1 Å². The number of nitrogens with zero attached hydrogens (tertiary/aromatic N) is 1. The number of carbonyl (C=O) groups excluding carboxylic acids is 2. The summed E-state index contributed by atoms with van der Waals surface area (Å²) >= 11 is 0. The second kappa shape index (κ2) is 9.50. The molecule has 2 fully saturated rings. The lowest BCUT2D eigenvalue weighted by molar-refractivity contribution is -0.782. The molecule has 132 valence electrons. The van der Waals surface area contributed by atoms with Crippen LogP contribution >= 0.6 is 0 Å². The molecule has 5 nitrogen and oxygen atoms in total. The molecular formula is C18H34N3O2+. The average molecular weight is 324 g/mol. The third-order valence-electron chi connectivity index (χ3n) is 5.58. The van der Waals surface area contributed by atoms with Crippen molar-refractivity contribution in [2.24, 2.45) is 11.7 Å². The fourth-order valence-electron chi connectivity index (χ4n) is 4.04. The largest absolute Gasteiger partial charge is 0.330 e. The van der Waals surface area contributed by atoms with Crippen LogP contribution in [0.1, 0.15) is 64.2 Å². The maximum Gasteiger partial charge on any atom is 0.321 e. The second-order valence-electron chi connectivity index (χ2n) is 7.26. The van der Waals surface area contributed by atoms with Gasteiger partial charge in [-0.1, -0.05) is 25.7 Å². The van der Waals surface area contributed by atoms with Crippen molar-refractivity contribution >= 4 is 11.8 Å². The molecule has 1 saturated carbocycles. The van der Waals surface area contributed by atoms with Crippen LogP contribution in [0.2, 0.25) is 0 Å². The Balaban J connectivity index is 1.95. The smallest absolute Gasteiger partial charge is 0.321 e. The van der Waals surface area contributed by atoms with Gasteiger partial charge in [0.15, 0.2) is 0 Å². The predicted molar refractivity (Wildman–Crippen MR) is 91.6 cm³/mol. The van der Waals surface area contributed by atoms with Crippen LogP contribution in [0.4, 0.5) is 0 Å². The Bertz CT molecular complexity index is 386. The summed E-state index contributed by atoms with van der Waals surface area (Å²) in [5.41, 5.74) is 5.52. The molecule has 1 heterocycles. The van der Waals surface area contributed by atoms with Crippen LogP contribution in [0.3, 0.4) is 0 Å². The van der Waals surface area contributed by atoms with Gasteiger partial charge in [0, 0.05) is 13.1 Å². The predicted octanol–water partition coefficient (Wildman–Crippen LogP) is 1.95. The normalized spacial score (nSPS) is 22.0. The molecule has 0 radical (unpaired) electrons. The van der Waals surface area contributed by atoms with Gasteiger partial charge < -0.3 is 11.1 Å². The highest BCUT2D eigenvalue weighted by Crippen LogP contribution is 2.29. The molecule has 0 aromatic heterocycles. The number of amides is 2. The first-order chi connectivity index (χ1) is 11.2. The summed E-state index contributed by atoms with van der Waals surface area (Å²) in [6, 6.07) is 0. The molecule has 0 spiro atoms. The van der Waals surface area contributed by atoms with E-state index in [1.807, 2.05) is 0 Å². The van der Waals surface area contributed by atoms with Crippen molar-refractivity contribution in [1.29, 1.82) is 0 Å². The molecule has 23 heavy (non-hydrogen) atoms. The lowest BCUT2D eigenvalue weighted by Gasteiger charge is -2.38. The quantitative estimate of drug-likeness (QED) is 0.554. The second-order valence-corrected chi connectivity index (χ2v) is 7.26. The molecule has 1 aliphatic carbocycles. The Kier molecular flexibility index (Phi) is 7.66. The number of nitrogens with two attached hydrogens (primary N) is 1. The number of unbranched alkanes of at least 4 members (excludes halogenated alkanes) is 2. The van der Waals surface area contributed by atoms with E-state index in [9.17, 15) is 9.59 Å². The van der Waals surface area contributed by atoms with Gasteiger partial charge in [0.25, 0.3) is 0 Å². The topological polar surface area (TPSA) is 72.2 Å². The number of imide groups is 1. The molecule has 0 unspecified atom stereocenters. The monoisotopic (exact) mass is 324 g/mol. The number of piperazine rings is 1. The van der Waals surface area contributed by atoms with Crippen molar-refractivity contribution in [3.05, 3.63) is 0 Å². The third kappa shape index (κ3) is 5.10. The highest BCUT2D eigenvalue weighted by atomic mass is 16.2. The zero-order chi connectivity index (χ0) is 16.5. The number of rotatable bonds is 7. The van der Waals surface area contributed by atoms with E-state index in [4.69, 9.17) is 5.73 Å². The van der Waals surface area contributed by atoms with Crippen LogP contribution in [0.15, 0.2) is 0 Å². The minimum Gasteiger partial charge on any atom is -0.330 e. The Morgan fingerprint density at radius 3 is 2.30 bits per heavy atom. The molecule has 1 aliphatic heterocycles. The molecule has 2 amide bonds. The summed E-state index contributed by atoms with van der Waals surface area (Å²) in [4.78, 5) is 25.9. The molecular weight excluding hydrogens is 290 g/mol. The summed E-state index contributed by atoms with van der Waals surface area (Å²) in [5, 5.41) is 3.29. The van der Waals surface area contributed by atoms with E-state index in [0.29, 0.717) is 38.4 Å². The average Bonchev–Trinajstić information content (AvgIpc) is 2.60. The number of nitrogens with one attached hydrogen (secondary N) is 1. The first kappa shape index (κ1) is 18.6. The van der Waals surface area contributed by atoms with Crippen molar-refractivity contribution in [3.63, 3.8) is 0 Å². The van der Waals surface area contributed by atoms with E-state index in [2.05, 4.69) is 5.32 Å². The van der Waals surface area contributed by atoms with Gasteiger partial charge in [-0.2, -0.15) is 4.48 Å². The molecule has 0 aromatic carbocycles. The zero-order valence-corrected chi connectivity index (χ0v) is 14.5. The molecule has 2 rings (SSSR count). The van der Waals surface area contributed by atoms with Crippen molar-refractivity contribution in [1.82, 2.24) is 5.32 Å². The Hall–Kier alpha value is -0.780. The summed E-state index contributed by atoms with van der Waals surface area (Å²) < 4.78 is 0.103. The third-order valence-corrected chi connectivity index (χ3v) is 5.58.